The minimum atomic E-state index is -0.496. The van der Waals surface area contributed by atoms with Crippen molar-refractivity contribution in [3.8, 4) is 12.1 Å². The van der Waals surface area contributed by atoms with Gasteiger partial charge in [0.25, 0.3) is 0 Å². The molecule has 10 nitrogen and oxygen atoms in total. The highest BCUT2D eigenvalue weighted by atomic mass is 16.5. The second-order valence-electron chi connectivity index (χ2n) is 9.01. The van der Waals surface area contributed by atoms with Crippen LogP contribution in [0.25, 0.3) is 5.76 Å². The molecule has 0 spiro atoms. The number of anilines is 1. The number of aliphatic hydroxyl groups is 1. The number of hydrogen-bond acceptors (Lipinski definition) is 9. The van der Waals surface area contributed by atoms with Crippen molar-refractivity contribution in [3.05, 3.63) is 58.2 Å². The van der Waals surface area contributed by atoms with Gasteiger partial charge in [0.05, 0.1) is 30.1 Å². The largest absolute Gasteiger partial charge is 0.506 e. The molecule has 0 radical (unpaired) electrons. The highest BCUT2D eigenvalue weighted by Gasteiger charge is 2.30. The first-order valence-electron chi connectivity index (χ1n) is 12.1. The Hall–Kier alpha value is -4.57. The third-order valence-electron chi connectivity index (χ3n) is 6.17. The second-order valence-corrected chi connectivity index (χ2v) is 9.01. The monoisotopic (exact) mass is 499 g/mol. The van der Waals surface area contributed by atoms with E-state index in [9.17, 15) is 19.5 Å². The number of amides is 1. The number of nitrogens with one attached hydrogen (secondary N) is 1. The molecule has 0 unspecified atom stereocenters. The highest BCUT2D eigenvalue weighted by Crippen LogP contribution is 2.41. The molecule has 0 aliphatic heterocycles. The Bertz CT molecular complexity index is 1380. The minimum absolute atomic E-state index is 0.134. The van der Waals surface area contributed by atoms with Crippen molar-refractivity contribution in [1.29, 1.82) is 10.5 Å². The number of ether oxygens (including phenoxy) is 1. The van der Waals surface area contributed by atoms with Crippen molar-refractivity contribution in [3.63, 3.8) is 0 Å². The average Bonchev–Trinajstić information content (AvgIpc) is 3.78. The van der Waals surface area contributed by atoms with Crippen LogP contribution in [0.1, 0.15) is 83.7 Å². The first kappa shape index (κ1) is 25.5. The van der Waals surface area contributed by atoms with Crippen LogP contribution in [0.2, 0.25) is 0 Å². The molecule has 2 aromatic rings. The quantitative estimate of drug-likeness (QED) is 0.561. The molecular weight excluding hydrogens is 474 g/mol. The summed E-state index contributed by atoms with van der Waals surface area (Å²) in [5, 5.41) is 29.8. The number of aromatic nitrogens is 2. The van der Waals surface area contributed by atoms with Gasteiger partial charge in [-0.25, -0.2) is 4.79 Å². The number of nitriles is 2. The van der Waals surface area contributed by atoms with Gasteiger partial charge >= 0.3 is 5.97 Å². The number of carbonyl (C=O) groups excluding carboxylic acids is 3. The van der Waals surface area contributed by atoms with Gasteiger partial charge in [0, 0.05) is 41.4 Å². The van der Waals surface area contributed by atoms with Gasteiger partial charge in [-0.2, -0.15) is 10.5 Å². The van der Waals surface area contributed by atoms with Crippen LogP contribution < -0.4 is 5.32 Å². The summed E-state index contributed by atoms with van der Waals surface area (Å²) in [6, 6.07) is 7.00. The van der Waals surface area contributed by atoms with Crippen LogP contribution in [0.3, 0.4) is 0 Å². The smallest absolute Gasteiger partial charge is 0.340 e. The van der Waals surface area contributed by atoms with Crippen LogP contribution >= 0.6 is 0 Å². The van der Waals surface area contributed by atoms with Gasteiger partial charge in [0.1, 0.15) is 23.8 Å². The lowest BCUT2D eigenvalue weighted by molar-refractivity contribution is -0.115. The van der Waals surface area contributed by atoms with Gasteiger partial charge in [0.15, 0.2) is 5.78 Å². The summed E-state index contributed by atoms with van der Waals surface area (Å²) >= 11 is 0. The average molecular weight is 500 g/mol. The van der Waals surface area contributed by atoms with Gasteiger partial charge in [-0.1, -0.05) is 0 Å². The Balaban J connectivity index is 0.000000175. The van der Waals surface area contributed by atoms with Gasteiger partial charge in [-0.3, -0.25) is 19.6 Å². The Morgan fingerprint density at radius 3 is 2.35 bits per heavy atom. The lowest BCUT2D eigenvalue weighted by Crippen LogP contribution is -2.16. The molecule has 3 aliphatic carbocycles. The zero-order valence-electron chi connectivity index (χ0n) is 20.3. The third kappa shape index (κ3) is 5.99. The molecule has 2 fully saturated rings. The van der Waals surface area contributed by atoms with Crippen molar-refractivity contribution >= 4 is 29.1 Å². The van der Waals surface area contributed by atoms with Crippen LogP contribution in [0, 0.1) is 22.7 Å². The maximum absolute atomic E-state index is 11.9. The van der Waals surface area contributed by atoms with Crippen molar-refractivity contribution in [2.45, 2.75) is 57.3 Å². The Labute approximate surface area is 213 Å². The molecule has 2 N–H and O–H groups in total. The van der Waals surface area contributed by atoms with E-state index in [1.165, 1.54) is 6.20 Å². The van der Waals surface area contributed by atoms with Crippen molar-refractivity contribution < 1.29 is 24.2 Å². The zero-order valence-corrected chi connectivity index (χ0v) is 20.3. The summed E-state index contributed by atoms with van der Waals surface area (Å²) in [5.41, 5.74) is 3.52. The normalized spacial score (nSPS) is 15.9. The van der Waals surface area contributed by atoms with Gasteiger partial charge in [-0.15, -0.1) is 0 Å². The van der Waals surface area contributed by atoms with Crippen LogP contribution in [-0.2, 0) is 20.7 Å². The summed E-state index contributed by atoms with van der Waals surface area (Å²) in [5.74, 6) is -0.618. The molecule has 0 atom stereocenters. The molecule has 5 rings (SSSR count). The fraction of sp³-hybridized carbons (Fsp3) is 0.370. The topological polar surface area (TPSA) is 166 Å². The summed E-state index contributed by atoms with van der Waals surface area (Å²) in [7, 11) is 0. The number of esters is 1. The summed E-state index contributed by atoms with van der Waals surface area (Å²) in [6.45, 7) is 1.97. The van der Waals surface area contributed by atoms with Crippen LogP contribution in [0.5, 0.6) is 0 Å². The van der Waals surface area contributed by atoms with E-state index in [1.807, 2.05) is 6.07 Å². The number of allylic oxidation sites excluding steroid dienone is 1. The van der Waals surface area contributed by atoms with Crippen LogP contribution in [0.4, 0.5) is 5.69 Å². The highest BCUT2D eigenvalue weighted by molar-refractivity contribution is 6.08. The number of nitrogens with zero attached hydrogens (tertiary/aromatic N) is 4. The molecule has 37 heavy (non-hydrogen) atoms. The van der Waals surface area contributed by atoms with E-state index in [-0.39, 0.29) is 47.8 Å². The molecule has 10 heteroatoms. The summed E-state index contributed by atoms with van der Waals surface area (Å²) in [4.78, 5) is 43.5. The Kier molecular flexibility index (Phi) is 7.59. The van der Waals surface area contributed by atoms with Crippen molar-refractivity contribution in [2.75, 3.05) is 11.9 Å². The minimum Gasteiger partial charge on any atom is -0.506 e. The first-order chi connectivity index (χ1) is 17.9. The van der Waals surface area contributed by atoms with Gasteiger partial charge in [-0.05, 0) is 50.3 Å². The Morgan fingerprint density at radius 2 is 1.76 bits per heavy atom. The van der Waals surface area contributed by atoms with Gasteiger partial charge < -0.3 is 15.2 Å². The lowest BCUT2D eigenvalue weighted by Gasteiger charge is -2.15. The molecule has 2 saturated carbocycles. The predicted molar refractivity (Wildman–Crippen MR) is 131 cm³/mol. The predicted octanol–water partition coefficient (Wildman–Crippen LogP) is 3.86. The lowest BCUT2D eigenvalue weighted by atomic mass is 9.90. The van der Waals surface area contributed by atoms with E-state index in [0.717, 1.165) is 37.1 Å². The molecule has 1 amide bonds. The number of rotatable bonds is 6. The standard InChI is InChI=1S/C14H15N3O3.C13H10N2O2/c1-2-20-14(19)10-7-11(9-3-4-9)16-8-12(10)17-13(18)5-6-15;14-5-10-12(16)3-8-6-15-11(7-1-2-7)4-9(8)13(10)17/h7-9H,2-5H2,1H3,(H,17,18);4,6-7,17H,1-3H2. The van der Waals surface area contributed by atoms with Crippen LogP contribution in [-0.4, -0.2) is 39.3 Å². The van der Waals surface area contributed by atoms with Crippen molar-refractivity contribution in [1.82, 2.24) is 9.97 Å². The fourth-order valence-electron chi connectivity index (χ4n) is 3.92. The zero-order chi connectivity index (χ0) is 26.5. The number of aliphatic hydroxyl groups excluding tert-OH is 1. The third-order valence-corrected chi connectivity index (χ3v) is 6.17. The SMILES string of the molecule is CCOC(=O)c1cc(C2CC2)ncc1NC(=O)CC#N.N#CC1=C(O)c2cc(C3CC3)ncc2CC1=O. The number of fused-ring (bicyclic) bond motifs is 1. The van der Waals surface area contributed by atoms with E-state index in [1.54, 1.807) is 31.3 Å². The molecule has 2 aromatic heterocycles. The molecule has 0 saturated heterocycles. The molecule has 3 aliphatic rings. The van der Waals surface area contributed by atoms with Crippen LogP contribution in [0.15, 0.2) is 30.1 Å². The van der Waals surface area contributed by atoms with E-state index in [2.05, 4.69) is 15.3 Å². The fourth-order valence-corrected chi connectivity index (χ4v) is 3.92. The van der Waals surface area contributed by atoms with Crippen molar-refractivity contribution in [2.24, 2.45) is 0 Å². The number of carbonyl (C=O) groups is 3. The summed E-state index contributed by atoms with van der Waals surface area (Å²) < 4.78 is 4.98. The molecular formula is C27H25N5O5. The molecule has 188 valence electrons. The number of hydrogen-bond donors (Lipinski definition) is 2. The first-order valence-corrected chi connectivity index (χ1v) is 12.1. The molecule has 0 bridgehead atoms. The number of pyridine rings is 2. The Morgan fingerprint density at radius 1 is 1.11 bits per heavy atom. The molecule has 0 aromatic carbocycles. The van der Waals surface area contributed by atoms with E-state index < -0.39 is 11.9 Å². The summed E-state index contributed by atoms with van der Waals surface area (Å²) in [6.07, 6.45) is 7.36. The second kappa shape index (κ2) is 11.0. The van der Waals surface area contributed by atoms with E-state index in [0.29, 0.717) is 23.0 Å². The number of ketones is 1. The van der Waals surface area contributed by atoms with E-state index in [4.69, 9.17) is 15.3 Å². The van der Waals surface area contributed by atoms with E-state index >= 15 is 0 Å². The number of Topliss-reactive ketones (excluding diaryl/α,β-unsaturated/α-hetero) is 1. The van der Waals surface area contributed by atoms with Gasteiger partial charge in [0.2, 0.25) is 5.91 Å². The maximum atomic E-state index is 11.9. The maximum Gasteiger partial charge on any atom is 0.340 e. The molecule has 2 heterocycles.